The van der Waals surface area contributed by atoms with E-state index in [1.165, 1.54) is 5.56 Å². The summed E-state index contributed by atoms with van der Waals surface area (Å²) in [6.07, 6.45) is 4.79. The van der Waals surface area contributed by atoms with Crippen molar-refractivity contribution in [1.29, 1.82) is 0 Å². The molecule has 0 bridgehead atoms. The Morgan fingerprint density at radius 1 is 1.16 bits per heavy atom. The van der Waals surface area contributed by atoms with Crippen molar-refractivity contribution in [3.8, 4) is 5.75 Å². The maximum Gasteiger partial charge on any atom is 0.225 e. The third-order valence-electron chi connectivity index (χ3n) is 6.34. The molecule has 1 fully saturated rings. The standard InChI is InChI=1S/C25H42N4O2.HI/c1-6-20(7-2)24(30)29-17-14-22(15-18-29)28-25(26-8-3)27-16-13-19(4)21-9-11-23(31-5)12-10-21;/h9-12,19-20,22H,6-8,13-18H2,1-5H3,(H2,26,27,28);1H. The number of ether oxygens (including phenoxy) is 1. The van der Waals surface area contributed by atoms with Crippen LogP contribution in [-0.2, 0) is 4.79 Å². The van der Waals surface area contributed by atoms with E-state index in [0.717, 1.165) is 70.0 Å². The fraction of sp³-hybridized carbons (Fsp3) is 0.680. The van der Waals surface area contributed by atoms with Crippen LogP contribution in [-0.4, -0.2) is 56.1 Å². The van der Waals surface area contributed by atoms with E-state index in [1.807, 2.05) is 12.1 Å². The smallest absolute Gasteiger partial charge is 0.225 e. The molecule has 1 unspecified atom stereocenters. The molecule has 0 radical (unpaired) electrons. The Bertz CT molecular complexity index is 684. The highest BCUT2D eigenvalue weighted by molar-refractivity contribution is 14.0. The van der Waals surface area contributed by atoms with E-state index < -0.39 is 0 Å². The molecule has 0 saturated carbocycles. The highest BCUT2D eigenvalue weighted by Crippen LogP contribution is 2.22. The lowest BCUT2D eigenvalue weighted by molar-refractivity contribution is -0.136. The summed E-state index contributed by atoms with van der Waals surface area (Å²) in [6, 6.07) is 8.66. The average molecular weight is 559 g/mol. The van der Waals surface area contributed by atoms with Crippen molar-refractivity contribution in [3.63, 3.8) is 0 Å². The number of halogens is 1. The summed E-state index contributed by atoms with van der Waals surface area (Å²) in [5.41, 5.74) is 1.31. The fourth-order valence-corrected chi connectivity index (χ4v) is 4.12. The van der Waals surface area contributed by atoms with Crippen molar-refractivity contribution in [2.75, 3.05) is 33.3 Å². The number of nitrogens with one attached hydrogen (secondary N) is 2. The number of carbonyl (C=O) groups excluding carboxylic acids is 1. The van der Waals surface area contributed by atoms with Gasteiger partial charge in [0, 0.05) is 38.1 Å². The second-order valence-electron chi connectivity index (χ2n) is 8.48. The molecule has 1 heterocycles. The molecule has 6 nitrogen and oxygen atoms in total. The minimum Gasteiger partial charge on any atom is -0.497 e. The molecule has 1 aromatic rings. The Hall–Kier alpha value is -1.51. The monoisotopic (exact) mass is 558 g/mol. The maximum absolute atomic E-state index is 12.6. The van der Waals surface area contributed by atoms with Gasteiger partial charge in [0.05, 0.1) is 7.11 Å². The fourth-order valence-electron chi connectivity index (χ4n) is 4.12. The first-order chi connectivity index (χ1) is 15.0. The molecule has 182 valence electrons. The molecule has 1 aromatic carbocycles. The molecule has 1 amide bonds. The van der Waals surface area contributed by atoms with Gasteiger partial charge in [-0.2, -0.15) is 0 Å². The van der Waals surface area contributed by atoms with Crippen LogP contribution < -0.4 is 15.4 Å². The number of hydrogen-bond donors (Lipinski definition) is 2. The summed E-state index contributed by atoms with van der Waals surface area (Å²) in [5.74, 6) is 2.72. The second kappa shape index (κ2) is 15.3. The molecule has 1 atom stereocenters. The van der Waals surface area contributed by atoms with Gasteiger partial charge < -0.3 is 20.3 Å². The topological polar surface area (TPSA) is 66.0 Å². The molecule has 1 aliphatic rings. The molecule has 2 N–H and O–H groups in total. The highest BCUT2D eigenvalue weighted by atomic mass is 127. The zero-order valence-corrected chi connectivity index (χ0v) is 22.9. The number of benzene rings is 1. The number of aliphatic imine (C=N–C) groups is 1. The number of carbonyl (C=O) groups is 1. The van der Waals surface area contributed by atoms with E-state index in [0.29, 0.717) is 17.9 Å². The summed E-state index contributed by atoms with van der Waals surface area (Å²) < 4.78 is 5.24. The van der Waals surface area contributed by atoms with E-state index in [9.17, 15) is 4.79 Å². The van der Waals surface area contributed by atoms with Gasteiger partial charge in [-0.3, -0.25) is 9.79 Å². The number of methoxy groups -OCH3 is 1. The summed E-state index contributed by atoms with van der Waals surface area (Å²) in [4.78, 5) is 19.5. The van der Waals surface area contributed by atoms with E-state index in [1.54, 1.807) is 7.11 Å². The van der Waals surface area contributed by atoms with Gasteiger partial charge in [0.1, 0.15) is 5.75 Å². The maximum atomic E-state index is 12.6. The van der Waals surface area contributed by atoms with Crippen LogP contribution in [0, 0.1) is 5.92 Å². The van der Waals surface area contributed by atoms with Crippen LogP contribution in [0.4, 0.5) is 0 Å². The molecule has 1 aliphatic heterocycles. The minimum atomic E-state index is 0. The SMILES string of the molecule is CCNC(=NCCC(C)c1ccc(OC)cc1)NC1CCN(C(=O)C(CC)CC)CC1.I. The zero-order valence-electron chi connectivity index (χ0n) is 20.5. The van der Waals surface area contributed by atoms with Crippen molar-refractivity contribution >= 4 is 35.8 Å². The van der Waals surface area contributed by atoms with E-state index in [2.05, 4.69) is 55.4 Å². The number of guanidine groups is 1. The highest BCUT2D eigenvalue weighted by Gasteiger charge is 2.26. The van der Waals surface area contributed by atoms with Gasteiger partial charge in [-0.15, -0.1) is 24.0 Å². The van der Waals surface area contributed by atoms with Crippen LogP contribution in [0.25, 0.3) is 0 Å². The lowest BCUT2D eigenvalue weighted by Crippen LogP contribution is -2.50. The Morgan fingerprint density at radius 3 is 2.31 bits per heavy atom. The van der Waals surface area contributed by atoms with E-state index in [-0.39, 0.29) is 29.9 Å². The first-order valence-corrected chi connectivity index (χ1v) is 12.0. The van der Waals surface area contributed by atoms with Gasteiger partial charge in [0.15, 0.2) is 5.96 Å². The van der Waals surface area contributed by atoms with E-state index >= 15 is 0 Å². The van der Waals surface area contributed by atoms with Crippen LogP contribution in [0.3, 0.4) is 0 Å². The molecule has 1 saturated heterocycles. The van der Waals surface area contributed by atoms with Gasteiger partial charge in [-0.05, 0) is 62.6 Å². The van der Waals surface area contributed by atoms with Gasteiger partial charge in [0.2, 0.25) is 5.91 Å². The molecular weight excluding hydrogens is 515 g/mol. The number of hydrogen-bond acceptors (Lipinski definition) is 3. The van der Waals surface area contributed by atoms with Crippen LogP contribution in [0.1, 0.15) is 71.3 Å². The van der Waals surface area contributed by atoms with Crippen LogP contribution >= 0.6 is 24.0 Å². The summed E-state index contributed by atoms with van der Waals surface area (Å²) >= 11 is 0. The van der Waals surface area contributed by atoms with Crippen molar-refractivity contribution in [3.05, 3.63) is 29.8 Å². The lowest BCUT2D eigenvalue weighted by Gasteiger charge is -2.35. The Labute approximate surface area is 212 Å². The summed E-state index contributed by atoms with van der Waals surface area (Å²) in [5, 5.41) is 6.96. The number of likely N-dealkylation sites (tertiary alicyclic amines) is 1. The summed E-state index contributed by atoms with van der Waals surface area (Å²) in [6.45, 7) is 11.8. The molecule has 0 spiro atoms. The number of nitrogens with zero attached hydrogens (tertiary/aromatic N) is 2. The summed E-state index contributed by atoms with van der Waals surface area (Å²) in [7, 11) is 1.69. The van der Waals surface area contributed by atoms with Crippen LogP contribution in [0.2, 0.25) is 0 Å². The number of rotatable bonds is 10. The van der Waals surface area contributed by atoms with Crippen molar-refractivity contribution in [2.45, 2.75) is 71.8 Å². The first-order valence-electron chi connectivity index (χ1n) is 12.0. The first kappa shape index (κ1) is 28.5. The molecule has 0 aromatic heterocycles. The molecule has 0 aliphatic carbocycles. The zero-order chi connectivity index (χ0) is 22.6. The predicted octanol–water partition coefficient (Wildman–Crippen LogP) is 4.79. The van der Waals surface area contributed by atoms with Crippen molar-refractivity contribution in [1.82, 2.24) is 15.5 Å². The largest absolute Gasteiger partial charge is 0.497 e. The Kier molecular flexibility index (Phi) is 13.7. The predicted molar refractivity (Wildman–Crippen MR) is 144 cm³/mol. The minimum absolute atomic E-state index is 0. The molecular formula is C25H43IN4O2. The van der Waals surface area contributed by atoms with Gasteiger partial charge >= 0.3 is 0 Å². The second-order valence-corrected chi connectivity index (χ2v) is 8.48. The molecule has 7 heteroatoms. The average Bonchev–Trinajstić information content (AvgIpc) is 2.80. The third-order valence-corrected chi connectivity index (χ3v) is 6.34. The lowest BCUT2D eigenvalue weighted by atomic mass is 9.98. The molecule has 2 rings (SSSR count). The normalized spacial score (nSPS) is 15.8. The van der Waals surface area contributed by atoms with Crippen LogP contribution in [0.5, 0.6) is 5.75 Å². The van der Waals surface area contributed by atoms with Gasteiger partial charge in [0.25, 0.3) is 0 Å². The van der Waals surface area contributed by atoms with Crippen LogP contribution in [0.15, 0.2) is 29.3 Å². The number of amides is 1. The molecule has 32 heavy (non-hydrogen) atoms. The van der Waals surface area contributed by atoms with Gasteiger partial charge in [-0.1, -0.05) is 32.9 Å². The third kappa shape index (κ3) is 8.79. The number of piperidine rings is 1. The Balaban J connectivity index is 0.00000512. The van der Waals surface area contributed by atoms with E-state index in [4.69, 9.17) is 9.73 Å². The van der Waals surface area contributed by atoms with Gasteiger partial charge in [-0.25, -0.2) is 0 Å². The van der Waals surface area contributed by atoms with Crippen molar-refractivity contribution < 1.29 is 9.53 Å². The quantitative estimate of drug-likeness (QED) is 0.246. The van der Waals surface area contributed by atoms with Crippen molar-refractivity contribution in [2.24, 2.45) is 10.9 Å². The Morgan fingerprint density at radius 2 is 1.78 bits per heavy atom.